The molecule has 0 saturated heterocycles. The molecular weight excluding hydrogens is 288 g/mol. The smallest absolute Gasteiger partial charge is 0.344 e. The van der Waals surface area contributed by atoms with Gasteiger partial charge in [-0.25, -0.2) is 4.79 Å². The van der Waals surface area contributed by atoms with Gasteiger partial charge in [0, 0.05) is 17.0 Å². The SMILES string of the molecule is CCOC(=O)COC(=O)C1C(C#N)=C(C)NC(C)=C1C(C)=O. The Hall–Kier alpha value is -2.62. The third-order valence-corrected chi connectivity index (χ3v) is 3.13. The molecule has 1 aliphatic rings. The van der Waals surface area contributed by atoms with Crippen molar-refractivity contribution in [2.24, 2.45) is 5.92 Å². The van der Waals surface area contributed by atoms with Crippen LogP contribution in [0.3, 0.4) is 0 Å². The number of esters is 2. The lowest BCUT2D eigenvalue weighted by molar-refractivity contribution is -0.159. The molecule has 7 heteroatoms. The minimum atomic E-state index is -1.13. The zero-order chi connectivity index (χ0) is 16.9. The molecule has 22 heavy (non-hydrogen) atoms. The molecule has 0 radical (unpaired) electrons. The van der Waals surface area contributed by atoms with E-state index in [4.69, 9.17) is 4.74 Å². The standard InChI is InChI=1S/C15H18N2O5/c1-5-21-12(19)7-22-15(20)14-11(6-16)8(2)17-9(3)13(14)10(4)18/h14,17H,5,7H2,1-4H3. The Morgan fingerprint density at radius 3 is 2.36 bits per heavy atom. The Balaban J connectivity index is 3.06. The predicted molar refractivity (Wildman–Crippen MR) is 75.9 cm³/mol. The lowest BCUT2D eigenvalue weighted by Gasteiger charge is -2.26. The first kappa shape index (κ1) is 17.4. The fourth-order valence-electron chi connectivity index (χ4n) is 2.26. The Kier molecular flexibility index (Phi) is 5.87. The number of allylic oxidation sites excluding steroid dienone is 2. The van der Waals surface area contributed by atoms with Crippen LogP contribution >= 0.6 is 0 Å². The van der Waals surface area contributed by atoms with Gasteiger partial charge in [0.2, 0.25) is 0 Å². The van der Waals surface area contributed by atoms with Crippen LogP contribution in [0.25, 0.3) is 0 Å². The van der Waals surface area contributed by atoms with Crippen molar-refractivity contribution >= 4 is 17.7 Å². The number of ether oxygens (including phenoxy) is 2. The fourth-order valence-corrected chi connectivity index (χ4v) is 2.26. The number of Topliss-reactive ketones (excluding diaryl/α,β-unsaturated/α-hetero) is 1. The molecule has 1 rings (SSSR count). The van der Waals surface area contributed by atoms with Gasteiger partial charge in [0.25, 0.3) is 0 Å². The molecule has 0 aromatic carbocycles. The number of ketones is 1. The van der Waals surface area contributed by atoms with E-state index in [9.17, 15) is 19.6 Å². The van der Waals surface area contributed by atoms with Gasteiger partial charge in [0.15, 0.2) is 12.4 Å². The molecule has 1 aliphatic heterocycles. The summed E-state index contributed by atoms with van der Waals surface area (Å²) in [5.41, 5.74) is 1.23. The van der Waals surface area contributed by atoms with Crippen molar-refractivity contribution in [3.8, 4) is 6.07 Å². The summed E-state index contributed by atoms with van der Waals surface area (Å²) in [6.45, 7) is 5.82. The number of hydrogen-bond donors (Lipinski definition) is 1. The molecule has 0 aromatic rings. The second-order valence-corrected chi connectivity index (χ2v) is 4.72. The van der Waals surface area contributed by atoms with Crippen molar-refractivity contribution in [2.75, 3.05) is 13.2 Å². The first-order valence-corrected chi connectivity index (χ1v) is 6.75. The molecular formula is C15H18N2O5. The van der Waals surface area contributed by atoms with Crippen molar-refractivity contribution < 1.29 is 23.9 Å². The summed E-state index contributed by atoms with van der Waals surface area (Å²) in [6, 6.07) is 1.92. The van der Waals surface area contributed by atoms with Crippen molar-refractivity contribution in [1.29, 1.82) is 5.26 Å². The molecule has 118 valence electrons. The quantitative estimate of drug-likeness (QED) is 0.754. The number of rotatable bonds is 5. The summed E-state index contributed by atoms with van der Waals surface area (Å²) < 4.78 is 9.56. The monoisotopic (exact) mass is 306 g/mol. The lowest BCUT2D eigenvalue weighted by Crippen LogP contribution is -2.34. The summed E-state index contributed by atoms with van der Waals surface area (Å²) in [4.78, 5) is 35.3. The van der Waals surface area contributed by atoms with Gasteiger partial charge >= 0.3 is 11.9 Å². The van der Waals surface area contributed by atoms with Gasteiger partial charge in [0.05, 0.1) is 18.2 Å². The summed E-state index contributed by atoms with van der Waals surface area (Å²) >= 11 is 0. The number of dihydropyridines is 1. The summed E-state index contributed by atoms with van der Waals surface area (Å²) in [7, 11) is 0. The Bertz CT molecular complexity index is 610. The minimum Gasteiger partial charge on any atom is -0.463 e. The van der Waals surface area contributed by atoms with Gasteiger partial charge in [-0.05, 0) is 27.7 Å². The Labute approximate surface area is 128 Å². The van der Waals surface area contributed by atoms with Crippen molar-refractivity contribution in [3.05, 3.63) is 22.5 Å². The number of carbonyl (C=O) groups is 3. The zero-order valence-electron chi connectivity index (χ0n) is 13.0. The number of nitriles is 1. The van der Waals surface area contributed by atoms with E-state index in [1.165, 1.54) is 6.92 Å². The Morgan fingerprint density at radius 1 is 1.23 bits per heavy atom. The second-order valence-electron chi connectivity index (χ2n) is 4.72. The van der Waals surface area contributed by atoms with E-state index in [1.54, 1.807) is 20.8 Å². The number of nitrogens with zero attached hydrogens (tertiary/aromatic N) is 1. The lowest BCUT2D eigenvalue weighted by atomic mass is 9.84. The van der Waals surface area contributed by atoms with Crippen LogP contribution in [0.4, 0.5) is 0 Å². The molecule has 0 aromatic heterocycles. The maximum absolute atomic E-state index is 12.3. The molecule has 1 heterocycles. The third kappa shape index (κ3) is 3.73. The van der Waals surface area contributed by atoms with Crippen LogP contribution in [0.15, 0.2) is 22.5 Å². The van der Waals surface area contributed by atoms with Crippen molar-refractivity contribution in [2.45, 2.75) is 27.7 Å². The maximum Gasteiger partial charge on any atom is 0.344 e. The molecule has 0 aliphatic carbocycles. The van der Waals surface area contributed by atoms with E-state index in [0.29, 0.717) is 11.4 Å². The normalized spacial score (nSPS) is 17.5. The largest absolute Gasteiger partial charge is 0.463 e. The highest BCUT2D eigenvalue weighted by Crippen LogP contribution is 2.30. The van der Waals surface area contributed by atoms with E-state index in [1.807, 2.05) is 6.07 Å². The molecule has 0 saturated carbocycles. The van der Waals surface area contributed by atoms with E-state index in [0.717, 1.165) is 0 Å². The average Bonchev–Trinajstić information content (AvgIpc) is 2.43. The highest BCUT2D eigenvalue weighted by atomic mass is 16.6. The summed E-state index contributed by atoms with van der Waals surface area (Å²) in [6.07, 6.45) is 0. The third-order valence-electron chi connectivity index (χ3n) is 3.13. The van der Waals surface area contributed by atoms with Crippen LogP contribution in [-0.4, -0.2) is 30.9 Å². The summed E-state index contributed by atoms with van der Waals surface area (Å²) in [5.74, 6) is -2.98. The molecule has 1 atom stereocenters. The molecule has 1 N–H and O–H groups in total. The van der Waals surface area contributed by atoms with Gasteiger partial charge in [-0.1, -0.05) is 0 Å². The molecule has 1 unspecified atom stereocenters. The average molecular weight is 306 g/mol. The van der Waals surface area contributed by atoms with Gasteiger partial charge in [-0.2, -0.15) is 5.26 Å². The van der Waals surface area contributed by atoms with Gasteiger partial charge in [-0.3, -0.25) is 9.59 Å². The minimum absolute atomic E-state index is 0.102. The Morgan fingerprint density at radius 2 is 1.86 bits per heavy atom. The van der Waals surface area contributed by atoms with Crippen LogP contribution in [0.5, 0.6) is 0 Å². The number of hydrogen-bond acceptors (Lipinski definition) is 7. The van der Waals surface area contributed by atoms with E-state index >= 15 is 0 Å². The van der Waals surface area contributed by atoms with Crippen LogP contribution < -0.4 is 5.32 Å². The van der Waals surface area contributed by atoms with Gasteiger partial charge in [-0.15, -0.1) is 0 Å². The molecule has 7 nitrogen and oxygen atoms in total. The van der Waals surface area contributed by atoms with Crippen LogP contribution in [0.2, 0.25) is 0 Å². The maximum atomic E-state index is 12.3. The molecule has 0 fully saturated rings. The number of carbonyl (C=O) groups excluding carboxylic acids is 3. The fraction of sp³-hybridized carbons (Fsp3) is 0.467. The first-order valence-electron chi connectivity index (χ1n) is 6.75. The molecule has 0 bridgehead atoms. The molecule has 0 amide bonds. The number of nitrogens with one attached hydrogen (secondary N) is 1. The van der Waals surface area contributed by atoms with Gasteiger partial charge in [0.1, 0.15) is 5.92 Å². The molecule has 0 spiro atoms. The van der Waals surface area contributed by atoms with E-state index in [-0.39, 0.29) is 23.5 Å². The van der Waals surface area contributed by atoms with Crippen molar-refractivity contribution in [3.63, 3.8) is 0 Å². The first-order chi connectivity index (χ1) is 10.3. The highest BCUT2D eigenvalue weighted by Gasteiger charge is 2.37. The van der Waals surface area contributed by atoms with Crippen LogP contribution in [-0.2, 0) is 23.9 Å². The highest BCUT2D eigenvalue weighted by molar-refractivity contribution is 6.02. The topological polar surface area (TPSA) is 105 Å². The van der Waals surface area contributed by atoms with Crippen molar-refractivity contribution in [1.82, 2.24) is 5.32 Å². The van der Waals surface area contributed by atoms with E-state index < -0.39 is 24.5 Å². The van der Waals surface area contributed by atoms with E-state index in [2.05, 4.69) is 10.1 Å². The predicted octanol–water partition coefficient (Wildman–Crippen LogP) is 0.973. The van der Waals surface area contributed by atoms with Crippen LogP contribution in [0, 0.1) is 17.2 Å². The van der Waals surface area contributed by atoms with Gasteiger partial charge < -0.3 is 14.8 Å². The van der Waals surface area contributed by atoms with Crippen LogP contribution in [0.1, 0.15) is 27.7 Å². The zero-order valence-corrected chi connectivity index (χ0v) is 13.0. The second kappa shape index (κ2) is 7.41. The summed E-state index contributed by atoms with van der Waals surface area (Å²) in [5, 5.41) is 12.1.